The highest BCUT2D eigenvalue weighted by Crippen LogP contribution is 2.43. The van der Waals surface area contributed by atoms with E-state index in [1.165, 1.54) is 11.3 Å². The molecule has 0 aliphatic carbocycles. The number of hydrogen-bond acceptors (Lipinski definition) is 10. The zero-order chi connectivity index (χ0) is 22.8. The summed E-state index contributed by atoms with van der Waals surface area (Å²) < 4.78 is 34.3. The van der Waals surface area contributed by atoms with Gasteiger partial charge < -0.3 is 28.4 Å². The summed E-state index contributed by atoms with van der Waals surface area (Å²) in [6.07, 6.45) is 0. The molecule has 168 valence electrons. The average Bonchev–Trinajstić information content (AvgIpc) is 3.43. The maximum Gasteiger partial charge on any atom is 0.235 e. The van der Waals surface area contributed by atoms with Crippen LogP contribution in [0.1, 0.15) is 0 Å². The largest absolute Gasteiger partial charge is 0.493 e. The Morgan fingerprint density at radius 2 is 1.09 bits per heavy atom. The normalized spacial score (nSPS) is 10.8. The fourth-order valence-corrected chi connectivity index (χ4v) is 4.15. The SMILES string of the molecule is COc1cc(-c2nn3c(-c4cc(OC)c(OC)c(OC)c4)nnc3s2)cc(OC)c1OC. The van der Waals surface area contributed by atoms with Gasteiger partial charge in [-0.2, -0.15) is 9.61 Å². The first-order valence-corrected chi connectivity index (χ1v) is 10.2. The molecule has 0 saturated carbocycles. The standard InChI is InChI=1S/C21H22N4O6S/c1-26-13-7-11(8-14(27-2)17(13)30-5)19-22-23-21-25(19)24-20(32-21)12-9-15(28-3)18(31-6)16(10-12)29-4/h7-10H,1-6H3. The summed E-state index contributed by atoms with van der Waals surface area (Å²) in [4.78, 5) is 0.623. The molecule has 10 nitrogen and oxygen atoms in total. The molecule has 0 fully saturated rings. The van der Waals surface area contributed by atoms with Crippen LogP contribution in [-0.2, 0) is 0 Å². The van der Waals surface area contributed by atoms with E-state index in [2.05, 4.69) is 10.2 Å². The van der Waals surface area contributed by atoms with Crippen LogP contribution in [0.5, 0.6) is 34.5 Å². The van der Waals surface area contributed by atoms with Crippen LogP contribution < -0.4 is 28.4 Å². The molecule has 0 aliphatic rings. The molecule has 0 amide bonds. The van der Waals surface area contributed by atoms with Crippen molar-refractivity contribution in [3.05, 3.63) is 24.3 Å². The number of methoxy groups -OCH3 is 6. The molecule has 2 aromatic carbocycles. The molecule has 0 N–H and O–H groups in total. The second-order valence-electron chi connectivity index (χ2n) is 6.45. The van der Waals surface area contributed by atoms with Gasteiger partial charge in [-0.25, -0.2) is 0 Å². The van der Waals surface area contributed by atoms with Crippen molar-refractivity contribution in [2.24, 2.45) is 0 Å². The maximum atomic E-state index is 5.46. The van der Waals surface area contributed by atoms with E-state index in [0.717, 1.165) is 5.56 Å². The second kappa shape index (κ2) is 8.79. The summed E-state index contributed by atoms with van der Waals surface area (Å²) in [6.45, 7) is 0. The van der Waals surface area contributed by atoms with Crippen molar-refractivity contribution in [1.29, 1.82) is 0 Å². The van der Waals surface area contributed by atoms with Crippen LogP contribution in [0.15, 0.2) is 24.3 Å². The lowest BCUT2D eigenvalue weighted by atomic mass is 10.1. The zero-order valence-corrected chi connectivity index (χ0v) is 19.3. The molecular weight excluding hydrogens is 436 g/mol. The summed E-state index contributed by atoms with van der Waals surface area (Å²) in [5.74, 6) is 3.65. The fraction of sp³-hybridized carbons (Fsp3) is 0.286. The van der Waals surface area contributed by atoms with Crippen molar-refractivity contribution in [1.82, 2.24) is 19.8 Å². The molecule has 0 spiro atoms. The van der Waals surface area contributed by atoms with Gasteiger partial charge in [0.1, 0.15) is 5.01 Å². The quantitative estimate of drug-likeness (QED) is 0.392. The average molecular weight is 458 g/mol. The number of hydrogen-bond donors (Lipinski definition) is 0. The third-order valence-corrected chi connectivity index (χ3v) is 5.77. The highest BCUT2D eigenvalue weighted by Gasteiger charge is 2.21. The van der Waals surface area contributed by atoms with Crippen LogP contribution in [0, 0.1) is 0 Å². The zero-order valence-electron chi connectivity index (χ0n) is 18.5. The molecule has 0 bridgehead atoms. The fourth-order valence-electron chi connectivity index (χ4n) is 3.33. The van der Waals surface area contributed by atoms with Crippen molar-refractivity contribution < 1.29 is 28.4 Å². The van der Waals surface area contributed by atoms with Gasteiger partial charge in [0.2, 0.25) is 16.5 Å². The van der Waals surface area contributed by atoms with Crippen LogP contribution in [0.2, 0.25) is 0 Å². The molecule has 0 radical (unpaired) electrons. The lowest BCUT2D eigenvalue weighted by Crippen LogP contribution is -1.98. The topological polar surface area (TPSA) is 98.5 Å². The third-order valence-electron chi connectivity index (χ3n) is 4.83. The number of rotatable bonds is 8. The number of benzene rings is 2. The van der Waals surface area contributed by atoms with Gasteiger partial charge in [-0.15, -0.1) is 10.2 Å². The van der Waals surface area contributed by atoms with E-state index in [1.54, 1.807) is 59.3 Å². The highest BCUT2D eigenvalue weighted by molar-refractivity contribution is 7.19. The number of nitrogens with zero attached hydrogens (tertiary/aromatic N) is 4. The number of aromatic nitrogens is 4. The Balaban J connectivity index is 1.84. The minimum atomic E-state index is 0.496. The van der Waals surface area contributed by atoms with E-state index in [0.29, 0.717) is 55.9 Å². The first-order chi connectivity index (χ1) is 15.6. The van der Waals surface area contributed by atoms with Crippen LogP contribution >= 0.6 is 11.3 Å². The van der Waals surface area contributed by atoms with Gasteiger partial charge in [0.25, 0.3) is 0 Å². The summed E-state index contributed by atoms with van der Waals surface area (Å²) in [5.41, 5.74) is 1.51. The van der Waals surface area contributed by atoms with E-state index in [9.17, 15) is 0 Å². The van der Waals surface area contributed by atoms with E-state index in [-0.39, 0.29) is 0 Å². The number of fused-ring (bicyclic) bond motifs is 1. The van der Waals surface area contributed by atoms with Crippen molar-refractivity contribution in [3.63, 3.8) is 0 Å². The van der Waals surface area contributed by atoms with E-state index < -0.39 is 0 Å². The Labute approximate surface area is 188 Å². The lowest BCUT2D eigenvalue weighted by Gasteiger charge is -2.13. The summed E-state index contributed by atoms with van der Waals surface area (Å²) in [6, 6.07) is 7.28. The molecule has 4 aromatic rings. The first-order valence-electron chi connectivity index (χ1n) is 9.41. The Hall–Kier alpha value is -3.73. The van der Waals surface area contributed by atoms with E-state index in [1.807, 2.05) is 12.1 Å². The molecule has 0 saturated heterocycles. The second-order valence-corrected chi connectivity index (χ2v) is 7.41. The predicted molar refractivity (Wildman–Crippen MR) is 119 cm³/mol. The lowest BCUT2D eigenvalue weighted by molar-refractivity contribution is 0.324. The van der Waals surface area contributed by atoms with Crippen molar-refractivity contribution in [2.45, 2.75) is 0 Å². The molecule has 0 atom stereocenters. The van der Waals surface area contributed by atoms with Gasteiger partial charge in [-0.1, -0.05) is 11.3 Å². The maximum absolute atomic E-state index is 5.46. The molecule has 11 heteroatoms. The van der Waals surface area contributed by atoms with Gasteiger partial charge in [0, 0.05) is 11.1 Å². The molecule has 32 heavy (non-hydrogen) atoms. The first kappa shape index (κ1) is 21.5. The molecule has 0 unspecified atom stereocenters. The molecular formula is C21H22N4O6S. The van der Waals surface area contributed by atoms with E-state index in [4.69, 9.17) is 33.5 Å². The Morgan fingerprint density at radius 3 is 1.53 bits per heavy atom. The minimum absolute atomic E-state index is 0.496. The smallest absolute Gasteiger partial charge is 0.235 e. The molecule has 0 aliphatic heterocycles. The van der Waals surface area contributed by atoms with Crippen LogP contribution in [0.3, 0.4) is 0 Å². The number of ether oxygens (including phenoxy) is 6. The van der Waals surface area contributed by atoms with Crippen molar-refractivity contribution >= 4 is 16.3 Å². The Morgan fingerprint density at radius 1 is 0.625 bits per heavy atom. The third kappa shape index (κ3) is 3.50. The van der Waals surface area contributed by atoms with Gasteiger partial charge in [0.15, 0.2) is 28.8 Å². The monoisotopic (exact) mass is 458 g/mol. The van der Waals surface area contributed by atoms with Gasteiger partial charge in [0.05, 0.1) is 42.7 Å². The summed E-state index contributed by atoms with van der Waals surface area (Å²) >= 11 is 1.38. The molecule has 2 heterocycles. The molecule has 4 rings (SSSR count). The molecule has 2 aromatic heterocycles. The predicted octanol–water partition coefficient (Wildman–Crippen LogP) is 3.57. The summed E-state index contributed by atoms with van der Waals surface area (Å²) in [5, 5.41) is 14.0. The Kier molecular flexibility index (Phi) is 5.91. The Bertz CT molecular complexity index is 1220. The van der Waals surface area contributed by atoms with Gasteiger partial charge >= 0.3 is 0 Å². The van der Waals surface area contributed by atoms with Crippen LogP contribution in [0.25, 0.3) is 26.9 Å². The highest BCUT2D eigenvalue weighted by atomic mass is 32.1. The minimum Gasteiger partial charge on any atom is -0.493 e. The van der Waals surface area contributed by atoms with Crippen LogP contribution in [-0.4, -0.2) is 62.5 Å². The van der Waals surface area contributed by atoms with Crippen molar-refractivity contribution in [2.75, 3.05) is 42.7 Å². The van der Waals surface area contributed by atoms with Gasteiger partial charge in [-0.3, -0.25) is 0 Å². The van der Waals surface area contributed by atoms with E-state index >= 15 is 0 Å². The van der Waals surface area contributed by atoms with Gasteiger partial charge in [-0.05, 0) is 24.3 Å². The van der Waals surface area contributed by atoms with Crippen molar-refractivity contribution in [3.8, 4) is 56.5 Å². The van der Waals surface area contributed by atoms with Crippen LogP contribution in [0.4, 0.5) is 0 Å². The summed E-state index contributed by atoms with van der Waals surface area (Å²) in [7, 11) is 9.38.